The number of rotatable bonds is 8. The zero-order valence-electron chi connectivity index (χ0n) is 22.5. The number of carbonyl (C=O) groups is 2. The summed E-state index contributed by atoms with van der Waals surface area (Å²) in [5, 5.41) is 14.0. The van der Waals surface area contributed by atoms with Gasteiger partial charge in [-0.15, -0.1) is 0 Å². The molecule has 14 heteroatoms. The Balaban J connectivity index is 1.39. The molecule has 1 aliphatic heterocycles. The first-order valence-electron chi connectivity index (χ1n) is 13.8. The van der Waals surface area contributed by atoms with E-state index in [1.165, 1.54) is 10.7 Å². The second-order valence-corrected chi connectivity index (χ2v) is 11.0. The molecule has 4 heterocycles. The van der Waals surface area contributed by atoms with Gasteiger partial charge in [-0.25, -0.2) is 18.3 Å². The number of hydrogen-bond donors (Lipinski definition) is 2. The highest BCUT2D eigenvalue weighted by atomic mass is 19.4. The average Bonchev–Trinajstić information content (AvgIpc) is 3.55. The van der Waals surface area contributed by atoms with Crippen LogP contribution in [-0.4, -0.2) is 54.8 Å². The van der Waals surface area contributed by atoms with E-state index in [9.17, 15) is 31.5 Å². The van der Waals surface area contributed by atoms with E-state index in [2.05, 4.69) is 25.8 Å². The second-order valence-electron chi connectivity index (χ2n) is 11.0. The molecule has 2 fully saturated rings. The molecule has 222 valence electrons. The number of alkyl halides is 5. The van der Waals surface area contributed by atoms with Gasteiger partial charge in [0, 0.05) is 44.5 Å². The fourth-order valence-electron chi connectivity index (χ4n) is 5.74. The van der Waals surface area contributed by atoms with Crippen LogP contribution >= 0.6 is 0 Å². The normalized spacial score (nSPS) is 22.4. The summed E-state index contributed by atoms with van der Waals surface area (Å²) in [6.45, 7) is 2.07. The number of piperidine rings is 1. The molecule has 0 aromatic carbocycles. The molecule has 2 amide bonds. The molecule has 2 unspecified atom stereocenters. The van der Waals surface area contributed by atoms with Gasteiger partial charge in [0.15, 0.2) is 5.65 Å². The highest BCUT2D eigenvalue weighted by Crippen LogP contribution is 2.41. The molecule has 3 atom stereocenters. The summed E-state index contributed by atoms with van der Waals surface area (Å²) >= 11 is 0. The minimum atomic E-state index is -4.40. The van der Waals surface area contributed by atoms with Crippen molar-refractivity contribution < 1.29 is 31.5 Å². The molecule has 0 radical (unpaired) electrons. The van der Waals surface area contributed by atoms with Crippen LogP contribution < -0.4 is 10.6 Å². The van der Waals surface area contributed by atoms with Crippen LogP contribution in [0.1, 0.15) is 73.4 Å². The van der Waals surface area contributed by atoms with E-state index < -0.39 is 48.3 Å². The maximum atomic E-state index is 14.0. The van der Waals surface area contributed by atoms with Crippen molar-refractivity contribution in [2.24, 2.45) is 17.8 Å². The minimum absolute atomic E-state index is 0.0150. The summed E-state index contributed by atoms with van der Waals surface area (Å²) in [7, 11) is 0. The summed E-state index contributed by atoms with van der Waals surface area (Å²) in [6.07, 6.45) is -1.03. The average molecular weight is 582 g/mol. The predicted octanol–water partition coefficient (Wildman–Crippen LogP) is 4.49. The topological polar surface area (TPSA) is 106 Å². The number of fused-ring (bicyclic) bond motifs is 1. The lowest BCUT2D eigenvalue weighted by Gasteiger charge is -2.33. The summed E-state index contributed by atoms with van der Waals surface area (Å²) in [6, 6.07) is 4.16. The monoisotopic (exact) mass is 581 g/mol. The Morgan fingerprint density at radius 1 is 1.22 bits per heavy atom. The van der Waals surface area contributed by atoms with Gasteiger partial charge >= 0.3 is 6.18 Å². The van der Waals surface area contributed by atoms with Gasteiger partial charge in [0.05, 0.1) is 29.5 Å². The van der Waals surface area contributed by atoms with Crippen LogP contribution in [0, 0.1) is 17.8 Å². The van der Waals surface area contributed by atoms with Gasteiger partial charge in [-0.05, 0) is 49.8 Å². The van der Waals surface area contributed by atoms with Crippen molar-refractivity contribution in [1.82, 2.24) is 35.0 Å². The van der Waals surface area contributed by atoms with Gasteiger partial charge in [0.2, 0.25) is 11.8 Å². The molecule has 5 rings (SSSR count). The molecule has 9 nitrogen and oxygen atoms in total. The third-order valence-electron chi connectivity index (χ3n) is 8.00. The number of imidazole rings is 1. The van der Waals surface area contributed by atoms with Gasteiger partial charge in [0.1, 0.15) is 5.69 Å². The van der Waals surface area contributed by atoms with Crippen molar-refractivity contribution >= 4 is 17.5 Å². The SMILES string of the molecule is CCCn1nccc1C(=O)NC(c1cn2nc(CC3C[C@@H](C(F)(F)F)CNC3=O)ccc2n1)C1CCC(F)(F)CC1. The van der Waals surface area contributed by atoms with E-state index in [0.717, 1.165) is 6.42 Å². The molecule has 0 bridgehead atoms. The predicted molar refractivity (Wildman–Crippen MR) is 137 cm³/mol. The molecule has 3 aromatic heterocycles. The van der Waals surface area contributed by atoms with E-state index in [4.69, 9.17) is 0 Å². The molecule has 1 aliphatic carbocycles. The van der Waals surface area contributed by atoms with Crippen molar-refractivity contribution in [3.63, 3.8) is 0 Å². The molecule has 1 saturated carbocycles. The van der Waals surface area contributed by atoms with Crippen LogP contribution in [0.25, 0.3) is 5.65 Å². The fraction of sp³-hybridized carbons (Fsp3) is 0.593. The van der Waals surface area contributed by atoms with E-state index in [1.54, 1.807) is 29.1 Å². The van der Waals surface area contributed by atoms with Gasteiger partial charge in [-0.3, -0.25) is 14.3 Å². The highest BCUT2D eigenvalue weighted by Gasteiger charge is 2.45. The summed E-state index contributed by atoms with van der Waals surface area (Å²) in [5.41, 5.74) is 1.62. The number of hydrogen-bond acceptors (Lipinski definition) is 5. The largest absolute Gasteiger partial charge is 0.393 e. The van der Waals surface area contributed by atoms with Crippen molar-refractivity contribution in [2.45, 2.75) is 76.6 Å². The van der Waals surface area contributed by atoms with Crippen molar-refractivity contribution in [2.75, 3.05) is 6.54 Å². The Morgan fingerprint density at radius 3 is 2.68 bits per heavy atom. The van der Waals surface area contributed by atoms with Crippen LogP contribution in [0.5, 0.6) is 0 Å². The summed E-state index contributed by atoms with van der Waals surface area (Å²) < 4.78 is 70.7. The number of nitrogens with one attached hydrogen (secondary N) is 2. The summed E-state index contributed by atoms with van der Waals surface area (Å²) in [4.78, 5) is 30.2. The Labute approximate surface area is 232 Å². The zero-order valence-corrected chi connectivity index (χ0v) is 22.5. The Bertz CT molecular complexity index is 1390. The van der Waals surface area contributed by atoms with Crippen LogP contribution in [0.3, 0.4) is 0 Å². The zero-order chi connectivity index (χ0) is 29.4. The molecular weight excluding hydrogens is 549 g/mol. The van der Waals surface area contributed by atoms with Gasteiger partial charge in [0.25, 0.3) is 5.91 Å². The third-order valence-corrected chi connectivity index (χ3v) is 8.00. The molecule has 3 aromatic rings. The first kappa shape index (κ1) is 28.9. The summed E-state index contributed by atoms with van der Waals surface area (Å²) in [5.74, 6) is -6.39. The van der Waals surface area contributed by atoms with Crippen molar-refractivity contribution in [1.29, 1.82) is 0 Å². The van der Waals surface area contributed by atoms with Gasteiger partial charge in [-0.1, -0.05) is 6.92 Å². The standard InChI is InChI=1S/C27H32F5N7O2/c1-2-11-38-21(7-10-34-38)25(41)36-23(16-5-8-26(28,29)9-6-16)20-15-39-22(35-20)4-3-19(37-39)13-17-12-18(27(30,31)32)14-33-24(17)40/h3-4,7,10,15-18,23H,2,5-6,8-9,11-14H2,1H3,(H,33,40)(H,36,41)/t17?,18-,23?/m1/s1. The maximum absolute atomic E-state index is 14.0. The lowest BCUT2D eigenvalue weighted by Crippen LogP contribution is -2.47. The fourth-order valence-corrected chi connectivity index (χ4v) is 5.74. The molecule has 2 N–H and O–H groups in total. The number of carbonyl (C=O) groups excluding carboxylic acids is 2. The molecule has 1 saturated heterocycles. The number of nitrogens with zero attached hydrogens (tertiary/aromatic N) is 5. The van der Waals surface area contributed by atoms with Crippen LogP contribution in [0.15, 0.2) is 30.6 Å². The van der Waals surface area contributed by atoms with E-state index >= 15 is 0 Å². The quantitative estimate of drug-likeness (QED) is 0.382. The van der Waals surface area contributed by atoms with Gasteiger partial charge in [-0.2, -0.15) is 23.4 Å². The Kier molecular flexibility index (Phi) is 8.02. The van der Waals surface area contributed by atoms with Crippen molar-refractivity contribution in [3.05, 3.63) is 47.7 Å². The molecular formula is C27H32F5N7O2. The maximum Gasteiger partial charge on any atom is 0.393 e. The molecule has 2 aliphatic rings. The number of aryl methyl sites for hydroxylation is 1. The number of amides is 2. The van der Waals surface area contributed by atoms with Crippen LogP contribution in [-0.2, 0) is 17.8 Å². The number of halogens is 5. The van der Waals surface area contributed by atoms with Crippen LogP contribution in [0.4, 0.5) is 22.0 Å². The van der Waals surface area contributed by atoms with Crippen molar-refractivity contribution in [3.8, 4) is 0 Å². The first-order valence-corrected chi connectivity index (χ1v) is 13.8. The van der Waals surface area contributed by atoms with E-state index in [1.807, 2.05) is 6.92 Å². The lowest BCUT2D eigenvalue weighted by molar-refractivity contribution is -0.183. The third kappa shape index (κ3) is 6.51. The first-order chi connectivity index (χ1) is 19.4. The second kappa shape index (κ2) is 11.4. The lowest BCUT2D eigenvalue weighted by atomic mass is 9.81. The highest BCUT2D eigenvalue weighted by molar-refractivity contribution is 5.92. The smallest absolute Gasteiger partial charge is 0.355 e. The number of aromatic nitrogens is 5. The van der Waals surface area contributed by atoms with Crippen LogP contribution in [0.2, 0.25) is 0 Å². The van der Waals surface area contributed by atoms with E-state index in [0.29, 0.717) is 29.3 Å². The molecule has 41 heavy (non-hydrogen) atoms. The van der Waals surface area contributed by atoms with E-state index in [-0.39, 0.29) is 44.4 Å². The Morgan fingerprint density at radius 2 is 1.98 bits per heavy atom. The minimum Gasteiger partial charge on any atom is -0.355 e. The van der Waals surface area contributed by atoms with Gasteiger partial charge < -0.3 is 10.6 Å². The Hall–Kier alpha value is -3.58. The molecule has 0 spiro atoms.